The normalized spacial score (nSPS) is 12.2. The molecule has 0 saturated carbocycles. The van der Waals surface area contributed by atoms with Crippen LogP contribution in [0.5, 0.6) is 0 Å². The molecule has 0 aliphatic rings. The first-order valence-corrected chi connectivity index (χ1v) is 5.93. The van der Waals surface area contributed by atoms with Crippen LogP contribution in [0.3, 0.4) is 0 Å². The first kappa shape index (κ1) is 14.0. The number of rotatable bonds is 4. The lowest BCUT2D eigenvalue weighted by Gasteiger charge is -2.13. The van der Waals surface area contributed by atoms with Gasteiger partial charge in [0.1, 0.15) is 18.1 Å². The summed E-state index contributed by atoms with van der Waals surface area (Å²) in [7, 11) is 0. The van der Waals surface area contributed by atoms with Crippen molar-refractivity contribution in [2.24, 2.45) is 0 Å². The Balaban J connectivity index is 2.37. The van der Waals surface area contributed by atoms with Gasteiger partial charge in [0.15, 0.2) is 5.82 Å². The van der Waals surface area contributed by atoms with E-state index in [0.717, 1.165) is 6.33 Å². The lowest BCUT2D eigenvalue weighted by Crippen LogP contribution is -2.18. The monoisotopic (exact) mass is 278 g/mol. The number of benzene rings is 1. The number of hydrogen-bond acceptors (Lipinski definition) is 3. The molecule has 1 aromatic heterocycles. The quantitative estimate of drug-likeness (QED) is 0.933. The summed E-state index contributed by atoms with van der Waals surface area (Å²) in [6.45, 7) is 1.43. The molecular formula is C14H12F2N2O2. The molecule has 0 amide bonds. The maximum Gasteiger partial charge on any atom is 0.313 e. The molecule has 4 nitrogen and oxygen atoms in total. The third-order valence-corrected chi connectivity index (χ3v) is 2.95. The van der Waals surface area contributed by atoms with E-state index < -0.39 is 23.5 Å². The Morgan fingerprint density at radius 1 is 1.35 bits per heavy atom. The molecule has 1 unspecified atom stereocenters. The molecule has 1 atom stereocenters. The van der Waals surface area contributed by atoms with Gasteiger partial charge in [-0.15, -0.1) is 0 Å². The van der Waals surface area contributed by atoms with E-state index in [1.54, 1.807) is 6.07 Å². The summed E-state index contributed by atoms with van der Waals surface area (Å²) in [6, 6.07) is 5.55. The minimum atomic E-state index is -1.22. The van der Waals surface area contributed by atoms with Crippen LogP contribution in [0.15, 0.2) is 30.6 Å². The van der Waals surface area contributed by atoms with Crippen molar-refractivity contribution in [1.82, 2.24) is 9.97 Å². The molecule has 0 spiro atoms. The Kier molecular flexibility index (Phi) is 4.02. The molecule has 0 radical (unpaired) electrons. The number of aryl methyl sites for hydroxylation is 1. The SMILES string of the molecule is Cc1ncnc(C(Cc2cccc(F)c2)C(=O)O)c1F. The van der Waals surface area contributed by atoms with Crippen molar-refractivity contribution in [3.8, 4) is 0 Å². The Morgan fingerprint density at radius 3 is 2.75 bits per heavy atom. The number of nitrogens with zero attached hydrogens (tertiary/aromatic N) is 2. The molecule has 0 bridgehead atoms. The molecule has 0 saturated heterocycles. The molecule has 1 N–H and O–H groups in total. The summed E-state index contributed by atoms with van der Waals surface area (Å²) in [5.74, 6) is -3.60. The third kappa shape index (κ3) is 2.96. The molecule has 1 heterocycles. The van der Waals surface area contributed by atoms with Gasteiger partial charge in [-0.05, 0) is 31.0 Å². The summed E-state index contributed by atoms with van der Waals surface area (Å²) in [6.07, 6.45) is 1.08. The predicted octanol–water partition coefficient (Wildman–Crippen LogP) is 2.47. The summed E-state index contributed by atoms with van der Waals surface area (Å²) in [5.41, 5.74) is 0.364. The highest BCUT2D eigenvalue weighted by molar-refractivity contribution is 5.76. The highest BCUT2D eigenvalue weighted by Gasteiger charge is 2.26. The lowest BCUT2D eigenvalue weighted by molar-refractivity contribution is -0.138. The number of carboxylic acids is 1. The zero-order valence-electron chi connectivity index (χ0n) is 10.7. The summed E-state index contributed by atoms with van der Waals surface area (Å²) < 4.78 is 27.0. The molecule has 104 valence electrons. The highest BCUT2D eigenvalue weighted by Crippen LogP contribution is 2.23. The van der Waals surface area contributed by atoms with Crippen LogP contribution in [0.1, 0.15) is 22.9 Å². The van der Waals surface area contributed by atoms with Gasteiger partial charge in [-0.2, -0.15) is 0 Å². The number of carboxylic acid groups (broad SMARTS) is 1. The van der Waals surface area contributed by atoms with Gasteiger partial charge in [-0.25, -0.2) is 18.7 Å². The van der Waals surface area contributed by atoms with E-state index in [-0.39, 0.29) is 17.8 Å². The number of halogens is 2. The minimum absolute atomic E-state index is 0.0412. The Hall–Kier alpha value is -2.37. The zero-order chi connectivity index (χ0) is 14.7. The third-order valence-electron chi connectivity index (χ3n) is 2.95. The van der Waals surface area contributed by atoms with Crippen LogP contribution in [0.2, 0.25) is 0 Å². The van der Waals surface area contributed by atoms with Crippen LogP contribution in [0, 0.1) is 18.6 Å². The van der Waals surface area contributed by atoms with Gasteiger partial charge >= 0.3 is 5.97 Å². The number of aromatic nitrogens is 2. The van der Waals surface area contributed by atoms with E-state index in [0.29, 0.717) is 5.56 Å². The van der Waals surface area contributed by atoms with E-state index >= 15 is 0 Å². The number of carbonyl (C=O) groups is 1. The van der Waals surface area contributed by atoms with Crippen molar-refractivity contribution in [1.29, 1.82) is 0 Å². The van der Waals surface area contributed by atoms with Crippen LogP contribution in [-0.2, 0) is 11.2 Å². The van der Waals surface area contributed by atoms with Crippen LogP contribution in [-0.4, -0.2) is 21.0 Å². The molecule has 0 fully saturated rings. The minimum Gasteiger partial charge on any atom is -0.481 e. The molecule has 20 heavy (non-hydrogen) atoms. The fourth-order valence-corrected chi connectivity index (χ4v) is 1.92. The van der Waals surface area contributed by atoms with Crippen molar-refractivity contribution < 1.29 is 18.7 Å². The fraction of sp³-hybridized carbons (Fsp3) is 0.214. The van der Waals surface area contributed by atoms with E-state index in [2.05, 4.69) is 9.97 Å². The second kappa shape index (κ2) is 5.73. The first-order valence-electron chi connectivity index (χ1n) is 5.93. The average molecular weight is 278 g/mol. The van der Waals surface area contributed by atoms with Crippen LogP contribution >= 0.6 is 0 Å². The van der Waals surface area contributed by atoms with E-state index in [4.69, 9.17) is 0 Å². The van der Waals surface area contributed by atoms with Gasteiger partial charge in [0.05, 0.1) is 11.4 Å². The Labute approximate surface area is 114 Å². The van der Waals surface area contributed by atoms with Crippen molar-refractivity contribution in [3.05, 3.63) is 59.2 Å². The second-order valence-corrected chi connectivity index (χ2v) is 4.38. The van der Waals surface area contributed by atoms with Gasteiger partial charge in [0.25, 0.3) is 0 Å². The smallest absolute Gasteiger partial charge is 0.313 e. The zero-order valence-corrected chi connectivity index (χ0v) is 10.7. The van der Waals surface area contributed by atoms with E-state index in [1.807, 2.05) is 0 Å². The van der Waals surface area contributed by atoms with Gasteiger partial charge < -0.3 is 5.11 Å². The Bertz CT molecular complexity index is 647. The summed E-state index contributed by atoms with van der Waals surface area (Å²) in [5, 5.41) is 9.25. The first-order chi connectivity index (χ1) is 9.49. The fourth-order valence-electron chi connectivity index (χ4n) is 1.92. The van der Waals surface area contributed by atoms with Crippen LogP contribution in [0.25, 0.3) is 0 Å². The molecular weight excluding hydrogens is 266 g/mol. The van der Waals surface area contributed by atoms with Crippen molar-refractivity contribution >= 4 is 5.97 Å². The summed E-state index contributed by atoms with van der Waals surface area (Å²) >= 11 is 0. The maximum atomic E-state index is 13.9. The maximum absolute atomic E-state index is 13.9. The molecule has 2 aromatic rings. The molecule has 1 aromatic carbocycles. The molecule has 0 aliphatic carbocycles. The van der Waals surface area contributed by atoms with Crippen LogP contribution in [0.4, 0.5) is 8.78 Å². The number of hydrogen-bond donors (Lipinski definition) is 1. The molecule has 0 aliphatic heterocycles. The predicted molar refractivity (Wildman–Crippen MR) is 67.2 cm³/mol. The Morgan fingerprint density at radius 2 is 2.10 bits per heavy atom. The van der Waals surface area contributed by atoms with E-state index in [9.17, 15) is 18.7 Å². The van der Waals surface area contributed by atoms with Crippen LogP contribution < -0.4 is 0 Å². The topological polar surface area (TPSA) is 63.1 Å². The van der Waals surface area contributed by atoms with Gasteiger partial charge in [-0.3, -0.25) is 4.79 Å². The van der Waals surface area contributed by atoms with Gasteiger partial charge in [0.2, 0.25) is 0 Å². The second-order valence-electron chi connectivity index (χ2n) is 4.38. The standard InChI is InChI=1S/C14H12F2N2O2/c1-8-12(16)13(18-7-17-8)11(14(19)20)6-9-3-2-4-10(15)5-9/h2-5,7,11H,6H2,1H3,(H,19,20). The average Bonchev–Trinajstić information content (AvgIpc) is 2.39. The van der Waals surface area contributed by atoms with Crippen molar-refractivity contribution in [3.63, 3.8) is 0 Å². The molecule has 6 heteroatoms. The lowest BCUT2D eigenvalue weighted by atomic mass is 9.95. The van der Waals surface area contributed by atoms with Crippen molar-refractivity contribution in [2.75, 3.05) is 0 Å². The van der Waals surface area contributed by atoms with Crippen molar-refractivity contribution in [2.45, 2.75) is 19.3 Å². The largest absolute Gasteiger partial charge is 0.481 e. The van der Waals surface area contributed by atoms with E-state index in [1.165, 1.54) is 25.1 Å². The van der Waals surface area contributed by atoms with Gasteiger partial charge in [0, 0.05) is 0 Å². The molecule has 2 rings (SSSR count). The van der Waals surface area contributed by atoms with Gasteiger partial charge in [-0.1, -0.05) is 12.1 Å². The highest BCUT2D eigenvalue weighted by atomic mass is 19.1. The number of aliphatic carboxylic acids is 1. The summed E-state index contributed by atoms with van der Waals surface area (Å²) in [4.78, 5) is 18.7.